The Bertz CT molecular complexity index is 1400. The van der Waals surface area contributed by atoms with Crippen molar-refractivity contribution in [1.29, 1.82) is 0 Å². The number of esters is 1. The molecule has 4 heterocycles. The van der Waals surface area contributed by atoms with Gasteiger partial charge in [0.15, 0.2) is 22.6 Å². The number of nitrogen functional groups attached to an aromatic ring is 1. The van der Waals surface area contributed by atoms with Gasteiger partial charge in [0.25, 0.3) is 0 Å². The Morgan fingerprint density at radius 3 is 2.78 bits per heavy atom. The van der Waals surface area contributed by atoms with E-state index >= 15 is 0 Å². The molecule has 0 spiro atoms. The molecular formula is C21H20FN7O3. The third-order valence-electron chi connectivity index (χ3n) is 5.10. The summed E-state index contributed by atoms with van der Waals surface area (Å²) in [6, 6.07) is 3.42. The van der Waals surface area contributed by atoms with Gasteiger partial charge in [-0.1, -0.05) is 24.8 Å². The molecule has 0 amide bonds. The van der Waals surface area contributed by atoms with Gasteiger partial charge in [0.1, 0.15) is 5.83 Å². The number of nitrogens with zero attached hydrogens (tertiary/aromatic N) is 6. The first-order chi connectivity index (χ1) is 15.4. The average Bonchev–Trinajstić information content (AvgIpc) is 3.54. The van der Waals surface area contributed by atoms with Gasteiger partial charge in [0.05, 0.1) is 25.0 Å². The van der Waals surface area contributed by atoms with Gasteiger partial charge in [-0.3, -0.25) is 0 Å². The van der Waals surface area contributed by atoms with E-state index in [0.29, 0.717) is 22.6 Å². The molecule has 10 nitrogen and oxygen atoms in total. The third kappa shape index (κ3) is 2.97. The van der Waals surface area contributed by atoms with Gasteiger partial charge in [-0.25, -0.2) is 18.9 Å². The number of halogens is 1. The molecule has 1 unspecified atom stereocenters. The van der Waals surface area contributed by atoms with Crippen LogP contribution in [0, 0.1) is 0 Å². The van der Waals surface area contributed by atoms with Crippen molar-refractivity contribution in [3.8, 4) is 11.6 Å². The van der Waals surface area contributed by atoms with Crippen LogP contribution in [0.4, 0.5) is 10.3 Å². The summed E-state index contributed by atoms with van der Waals surface area (Å²) in [5.74, 6) is -0.665. The van der Waals surface area contributed by atoms with Crippen molar-refractivity contribution in [3.63, 3.8) is 0 Å². The van der Waals surface area contributed by atoms with Gasteiger partial charge >= 0.3 is 5.97 Å². The Labute approximate surface area is 181 Å². The highest BCUT2D eigenvalue weighted by Crippen LogP contribution is 2.36. The molecule has 0 aliphatic heterocycles. The maximum atomic E-state index is 14.9. The average molecular weight is 437 g/mol. The summed E-state index contributed by atoms with van der Waals surface area (Å²) < 4.78 is 27.8. The molecule has 164 valence electrons. The smallest absolute Gasteiger partial charge is 0.338 e. The number of nitrogens with two attached hydrogens (primary N) is 1. The second kappa shape index (κ2) is 7.76. The van der Waals surface area contributed by atoms with Crippen LogP contribution in [0.1, 0.15) is 13.8 Å². The summed E-state index contributed by atoms with van der Waals surface area (Å²) in [4.78, 5) is 21.8. The Morgan fingerprint density at radius 1 is 1.38 bits per heavy atom. The second-order valence-corrected chi connectivity index (χ2v) is 6.93. The van der Waals surface area contributed by atoms with Gasteiger partial charge in [-0.2, -0.15) is 14.6 Å². The highest BCUT2D eigenvalue weighted by atomic mass is 19.1. The zero-order valence-corrected chi connectivity index (χ0v) is 17.6. The van der Waals surface area contributed by atoms with Crippen LogP contribution in [0.15, 0.2) is 65.2 Å². The van der Waals surface area contributed by atoms with Crippen molar-refractivity contribution < 1.29 is 18.3 Å². The maximum Gasteiger partial charge on any atom is 0.338 e. The lowest BCUT2D eigenvalue weighted by Gasteiger charge is -2.29. The first kappa shape index (κ1) is 21.0. The van der Waals surface area contributed by atoms with Crippen molar-refractivity contribution in [2.45, 2.75) is 19.4 Å². The predicted molar refractivity (Wildman–Crippen MR) is 115 cm³/mol. The van der Waals surface area contributed by atoms with Crippen molar-refractivity contribution in [2.24, 2.45) is 0 Å². The number of hydrogen-bond donors (Lipinski definition) is 1. The monoisotopic (exact) mass is 437 g/mol. The van der Waals surface area contributed by atoms with Gasteiger partial charge < -0.3 is 14.9 Å². The number of allylic oxidation sites excluding steroid dienone is 4. The SMILES string of the molecule is C=C/C=C(\C(F)=C/C)C(C)(C(=O)OC)n1ncc2c1nc(N)n1nc(-c3ccco3)nc21. The van der Waals surface area contributed by atoms with E-state index < -0.39 is 17.3 Å². The molecule has 4 aromatic rings. The zero-order valence-electron chi connectivity index (χ0n) is 17.6. The van der Waals surface area contributed by atoms with Crippen LogP contribution in [-0.4, -0.2) is 42.4 Å². The molecule has 4 rings (SSSR count). The summed E-state index contributed by atoms with van der Waals surface area (Å²) in [5.41, 5.74) is 4.95. The van der Waals surface area contributed by atoms with Crippen molar-refractivity contribution in [1.82, 2.24) is 29.4 Å². The minimum atomic E-state index is -1.72. The first-order valence-corrected chi connectivity index (χ1v) is 9.54. The number of carbonyl (C=O) groups is 1. The molecular weight excluding hydrogens is 417 g/mol. The van der Waals surface area contributed by atoms with Crippen LogP contribution in [0.3, 0.4) is 0 Å². The molecule has 2 N–H and O–H groups in total. The molecule has 0 aromatic carbocycles. The molecule has 0 aliphatic carbocycles. The Hall–Kier alpha value is -4.28. The van der Waals surface area contributed by atoms with Crippen LogP contribution in [-0.2, 0) is 15.1 Å². The minimum Gasteiger partial charge on any atom is -0.467 e. The van der Waals surface area contributed by atoms with Crippen LogP contribution >= 0.6 is 0 Å². The Morgan fingerprint density at radius 2 is 2.16 bits per heavy atom. The molecule has 0 radical (unpaired) electrons. The largest absolute Gasteiger partial charge is 0.467 e. The van der Waals surface area contributed by atoms with E-state index in [0.717, 1.165) is 0 Å². The van der Waals surface area contributed by atoms with Crippen molar-refractivity contribution >= 4 is 28.6 Å². The summed E-state index contributed by atoms with van der Waals surface area (Å²) >= 11 is 0. The van der Waals surface area contributed by atoms with Gasteiger partial charge in [0.2, 0.25) is 11.8 Å². The van der Waals surface area contributed by atoms with Crippen molar-refractivity contribution in [2.75, 3.05) is 12.8 Å². The molecule has 1 atom stereocenters. The molecule has 0 saturated heterocycles. The molecule has 0 saturated carbocycles. The fourth-order valence-electron chi connectivity index (χ4n) is 3.50. The number of ether oxygens (including phenoxy) is 1. The number of methoxy groups -OCH3 is 1. The van der Waals surface area contributed by atoms with E-state index in [4.69, 9.17) is 14.9 Å². The molecule has 0 aliphatic rings. The highest BCUT2D eigenvalue weighted by molar-refractivity contribution is 5.93. The second-order valence-electron chi connectivity index (χ2n) is 6.93. The molecule has 11 heteroatoms. The van der Waals surface area contributed by atoms with Crippen LogP contribution in [0.2, 0.25) is 0 Å². The number of carbonyl (C=O) groups excluding carboxylic acids is 1. The van der Waals surface area contributed by atoms with Crippen LogP contribution in [0.5, 0.6) is 0 Å². The Kier molecular flexibility index (Phi) is 5.09. The van der Waals surface area contributed by atoms with Crippen molar-refractivity contribution in [3.05, 3.63) is 60.8 Å². The summed E-state index contributed by atoms with van der Waals surface area (Å²) in [6.45, 7) is 6.61. The number of fused-ring (bicyclic) bond motifs is 3. The third-order valence-corrected chi connectivity index (χ3v) is 5.10. The fraction of sp³-hybridized carbons (Fsp3) is 0.190. The van der Waals surface area contributed by atoms with Gasteiger partial charge in [-0.05, 0) is 26.0 Å². The Balaban J connectivity index is 2.03. The van der Waals surface area contributed by atoms with Crippen LogP contribution < -0.4 is 5.73 Å². The molecule has 0 bridgehead atoms. The number of aromatic nitrogens is 6. The molecule has 32 heavy (non-hydrogen) atoms. The number of rotatable bonds is 6. The van der Waals surface area contributed by atoms with E-state index in [1.54, 1.807) is 12.1 Å². The summed E-state index contributed by atoms with van der Waals surface area (Å²) in [6.07, 6.45) is 6.95. The normalized spacial score (nSPS) is 14.6. The number of hydrogen-bond acceptors (Lipinski definition) is 8. The molecule has 4 aromatic heterocycles. The number of anilines is 1. The first-order valence-electron chi connectivity index (χ1n) is 9.54. The van der Waals surface area contributed by atoms with E-state index in [-0.39, 0.29) is 17.2 Å². The lowest BCUT2D eigenvalue weighted by molar-refractivity contribution is -0.148. The van der Waals surface area contributed by atoms with E-state index in [2.05, 4.69) is 26.7 Å². The topological polar surface area (TPSA) is 126 Å². The minimum absolute atomic E-state index is 0.00692. The van der Waals surface area contributed by atoms with E-state index in [1.807, 2.05) is 0 Å². The highest BCUT2D eigenvalue weighted by Gasteiger charge is 2.44. The maximum absolute atomic E-state index is 14.9. The standard InChI is InChI=1S/C21H20FN7O3/c1-5-8-13(14(22)6-2)21(3,19(30)31-4)29-18-12(11-24-29)17-25-16(15-9-7-10-32-15)27-28(17)20(23)26-18/h5-11H,1H2,2-4H3,(H2,23,26)/b13-8+,14-6+. The van der Waals surface area contributed by atoms with Gasteiger partial charge in [-0.15, -0.1) is 5.10 Å². The van der Waals surface area contributed by atoms with Crippen LogP contribution in [0.25, 0.3) is 28.3 Å². The number of furan rings is 1. The van der Waals surface area contributed by atoms with E-state index in [9.17, 15) is 9.18 Å². The summed E-state index contributed by atoms with van der Waals surface area (Å²) in [5, 5.41) is 9.12. The predicted octanol–water partition coefficient (Wildman–Crippen LogP) is 3.19. The quantitative estimate of drug-likeness (QED) is 0.360. The zero-order chi connectivity index (χ0) is 23.0. The molecule has 0 fully saturated rings. The summed E-state index contributed by atoms with van der Waals surface area (Å²) in [7, 11) is 1.21. The fourth-order valence-corrected chi connectivity index (χ4v) is 3.50. The van der Waals surface area contributed by atoms with E-state index in [1.165, 1.54) is 60.8 Å². The lowest BCUT2D eigenvalue weighted by Crippen LogP contribution is -2.43. The van der Waals surface area contributed by atoms with Gasteiger partial charge in [0, 0.05) is 5.57 Å². The lowest BCUT2D eigenvalue weighted by atomic mass is 9.89.